The number of carbonyl (C=O) groups excluding carboxylic acids is 1. The molecular formula is C34H35F6NO3. The molecule has 44 heavy (non-hydrogen) atoms. The summed E-state index contributed by atoms with van der Waals surface area (Å²) in [6, 6.07) is 19.6. The Morgan fingerprint density at radius 3 is 2.05 bits per heavy atom. The first-order valence-electron chi connectivity index (χ1n) is 14.2. The van der Waals surface area contributed by atoms with Crippen LogP contribution in [0, 0.1) is 5.41 Å². The summed E-state index contributed by atoms with van der Waals surface area (Å²) in [5.74, 6) is 0. The molecule has 0 saturated carbocycles. The first kappa shape index (κ1) is 33.1. The summed E-state index contributed by atoms with van der Waals surface area (Å²) in [4.78, 5) is 15.4. The fourth-order valence-corrected chi connectivity index (χ4v) is 5.66. The summed E-state index contributed by atoms with van der Waals surface area (Å²) in [6.45, 7) is 7.38. The van der Waals surface area contributed by atoms with Crippen molar-refractivity contribution in [3.63, 3.8) is 0 Å². The van der Waals surface area contributed by atoms with Crippen molar-refractivity contribution < 1.29 is 40.6 Å². The van der Waals surface area contributed by atoms with E-state index in [0.29, 0.717) is 37.0 Å². The second-order valence-corrected chi connectivity index (χ2v) is 11.6. The van der Waals surface area contributed by atoms with E-state index in [1.165, 1.54) is 6.92 Å². The van der Waals surface area contributed by atoms with E-state index in [2.05, 4.69) is 6.58 Å². The fourth-order valence-electron chi connectivity index (χ4n) is 5.66. The summed E-state index contributed by atoms with van der Waals surface area (Å²) in [5, 5.41) is 0. The average Bonchev–Trinajstić information content (AvgIpc) is 2.99. The number of piperidine rings is 1. The van der Waals surface area contributed by atoms with Gasteiger partial charge in [0.1, 0.15) is 6.61 Å². The molecule has 0 bridgehead atoms. The quantitative estimate of drug-likeness (QED) is 0.177. The molecule has 3 atom stereocenters. The molecule has 1 aliphatic rings. The predicted molar refractivity (Wildman–Crippen MR) is 154 cm³/mol. The van der Waals surface area contributed by atoms with Crippen molar-refractivity contribution in [1.29, 1.82) is 0 Å². The maximum atomic E-state index is 13.8. The van der Waals surface area contributed by atoms with Crippen LogP contribution >= 0.6 is 0 Å². The molecule has 10 heteroatoms. The molecule has 1 amide bonds. The van der Waals surface area contributed by atoms with Gasteiger partial charge >= 0.3 is 18.4 Å². The molecule has 0 radical (unpaired) electrons. The van der Waals surface area contributed by atoms with Gasteiger partial charge in [-0.15, -0.1) is 6.58 Å². The van der Waals surface area contributed by atoms with Gasteiger partial charge in [0.2, 0.25) is 0 Å². The number of hydrogen-bond acceptors (Lipinski definition) is 3. The van der Waals surface area contributed by atoms with E-state index >= 15 is 0 Å². The number of hydrogen-bond donors (Lipinski definition) is 0. The molecule has 3 aromatic rings. The second-order valence-electron chi connectivity index (χ2n) is 11.6. The molecule has 1 heterocycles. The van der Waals surface area contributed by atoms with Gasteiger partial charge in [-0.2, -0.15) is 26.3 Å². The van der Waals surface area contributed by atoms with Gasteiger partial charge in [0, 0.05) is 6.54 Å². The first-order chi connectivity index (χ1) is 20.7. The van der Waals surface area contributed by atoms with Crippen LogP contribution in [-0.2, 0) is 34.0 Å². The number of nitrogens with zero attached hydrogens (tertiary/aromatic N) is 1. The third kappa shape index (κ3) is 7.64. The Labute approximate surface area is 253 Å². The molecule has 0 aromatic heterocycles. The van der Waals surface area contributed by atoms with E-state index in [1.807, 2.05) is 55.5 Å². The standard InChI is InChI=1S/C34H35F6NO3/c1-4-15-31(3)16-17-32(27-13-9-6-10-14-27,41(22-31)30(42)43-21-25-11-7-5-8-12-25)23-44-24(2)26-18-28(33(35,36)37)20-29(19-26)34(38,39)40/h4-14,18-20,24H,1,15-17,21-23H2,2-3H3/t24-,31+,32?/m1/s1. The van der Waals surface area contributed by atoms with Gasteiger partial charge in [0.05, 0.1) is 29.4 Å². The number of alkyl halides is 6. The number of ether oxygens (including phenoxy) is 2. The van der Waals surface area contributed by atoms with Gasteiger partial charge in [-0.1, -0.05) is 73.7 Å². The van der Waals surface area contributed by atoms with Crippen molar-refractivity contribution in [3.05, 3.63) is 119 Å². The third-order valence-electron chi connectivity index (χ3n) is 8.22. The summed E-state index contributed by atoms with van der Waals surface area (Å²) < 4.78 is 93.2. The number of likely N-dealkylation sites (tertiary alicyclic amines) is 1. The van der Waals surface area contributed by atoms with Crippen LogP contribution in [0.15, 0.2) is 91.5 Å². The molecule has 0 aliphatic carbocycles. The van der Waals surface area contributed by atoms with Gasteiger partial charge in [0.15, 0.2) is 0 Å². The van der Waals surface area contributed by atoms with Crippen molar-refractivity contribution >= 4 is 6.09 Å². The smallest absolute Gasteiger partial charge is 0.416 e. The van der Waals surface area contributed by atoms with Crippen LogP contribution in [0.5, 0.6) is 0 Å². The number of halogens is 6. The van der Waals surface area contributed by atoms with Crippen molar-refractivity contribution in [1.82, 2.24) is 4.90 Å². The summed E-state index contributed by atoms with van der Waals surface area (Å²) >= 11 is 0. The van der Waals surface area contributed by atoms with Crippen molar-refractivity contribution in [2.75, 3.05) is 13.2 Å². The van der Waals surface area contributed by atoms with Crippen LogP contribution < -0.4 is 0 Å². The normalized spacial score (nSPS) is 21.5. The highest BCUT2D eigenvalue weighted by atomic mass is 19.4. The van der Waals surface area contributed by atoms with Gasteiger partial charge in [-0.3, -0.25) is 4.90 Å². The summed E-state index contributed by atoms with van der Waals surface area (Å²) in [5.41, 5.74) is -3.07. The van der Waals surface area contributed by atoms with Crippen molar-refractivity contribution in [2.45, 2.75) is 63.7 Å². The Balaban J connectivity index is 1.71. The zero-order valence-corrected chi connectivity index (χ0v) is 24.5. The minimum Gasteiger partial charge on any atom is -0.445 e. The zero-order chi connectivity index (χ0) is 32.2. The van der Waals surface area contributed by atoms with E-state index in [-0.39, 0.29) is 36.8 Å². The second kappa shape index (κ2) is 13.1. The number of rotatable bonds is 9. The molecule has 1 unspecified atom stereocenters. The summed E-state index contributed by atoms with van der Waals surface area (Å²) in [7, 11) is 0. The Morgan fingerprint density at radius 1 is 0.932 bits per heavy atom. The van der Waals surface area contributed by atoms with Crippen molar-refractivity contribution in [3.8, 4) is 0 Å². The van der Waals surface area contributed by atoms with E-state index < -0.39 is 41.2 Å². The maximum Gasteiger partial charge on any atom is 0.416 e. The molecule has 0 spiro atoms. The average molecular weight is 620 g/mol. The minimum absolute atomic E-state index is 0.0148. The van der Waals surface area contributed by atoms with Crippen LogP contribution in [0.3, 0.4) is 0 Å². The Hall–Kier alpha value is -3.79. The highest BCUT2D eigenvalue weighted by Gasteiger charge is 2.50. The molecule has 0 N–H and O–H groups in total. The van der Waals surface area contributed by atoms with Gasteiger partial charge in [-0.05, 0) is 66.5 Å². The maximum absolute atomic E-state index is 13.8. The summed E-state index contributed by atoms with van der Waals surface area (Å²) in [6.07, 6.45) is -8.29. The molecule has 1 aliphatic heterocycles. The molecule has 3 aromatic carbocycles. The number of allylic oxidation sites excluding steroid dienone is 1. The minimum atomic E-state index is -4.99. The number of carbonyl (C=O) groups is 1. The lowest BCUT2D eigenvalue weighted by atomic mass is 9.70. The van der Waals surface area contributed by atoms with E-state index in [4.69, 9.17) is 9.47 Å². The Kier molecular flexibility index (Phi) is 9.83. The van der Waals surface area contributed by atoms with Crippen LogP contribution in [0.4, 0.5) is 31.1 Å². The van der Waals surface area contributed by atoms with Gasteiger partial charge in [-0.25, -0.2) is 4.79 Å². The highest BCUT2D eigenvalue weighted by Crippen LogP contribution is 2.47. The van der Waals surface area contributed by atoms with Crippen LogP contribution in [-0.4, -0.2) is 24.1 Å². The monoisotopic (exact) mass is 619 g/mol. The zero-order valence-electron chi connectivity index (χ0n) is 24.5. The van der Waals surface area contributed by atoms with E-state index in [0.717, 1.165) is 5.56 Å². The molecule has 4 nitrogen and oxygen atoms in total. The molecular weight excluding hydrogens is 584 g/mol. The Bertz CT molecular complexity index is 1390. The first-order valence-corrected chi connectivity index (χ1v) is 14.2. The van der Waals surface area contributed by atoms with Crippen molar-refractivity contribution in [2.24, 2.45) is 5.41 Å². The molecule has 4 rings (SSSR count). The van der Waals surface area contributed by atoms with Gasteiger partial charge in [0.25, 0.3) is 0 Å². The van der Waals surface area contributed by atoms with Gasteiger partial charge < -0.3 is 9.47 Å². The fraction of sp³-hybridized carbons (Fsp3) is 0.382. The Morgan fingerprint density at radius 2 is 1.50 bits per heavy atom. The topological polar surface area (TPSA) is 38.8 Å². The van der Waals surface area contributed by atoms with Crippen LogP contribution in [0.25, 0.3) is 0 Å². The predicted octanol–water partition coefficient (Wildman–Crippen LogP) is 9.71. The van der Waals surface area contributed by atoms with Crippen LogP contribution in [0.2, 0.25) is 0 Å². The molecule has 1 saturated heterocycles. The SMILES string of the molecule is C=CC[C@@]1(C)CCC(CO[C@H](C)c2cc(C(F)(F)F)cc(C(F)(F)F)c2)(c2ccccc2)N(C(=O)OCc2ccccc2)C1. The number of benzene rings is 3. The lowest BCUT2D eigenvalue weighted by molar-refractivity contribution is -0.143. The van der Waals surface area contributed by atoms with E-state index in [1.54, 1.807) is 23.1 Å². The molecule has 236 valence electrons. The largest absolute Gasteiger partial charge is 0.445 e. The number of amides is 1. The third-order valence-corrected chi connectivity index (χ3v) is 8.22. The highest BCUT2D eigenvalue weighted by molar-refractivity contribution is 5.70. The molecule has 1 fully saturated rings. The van der Waals surface area contributed by atoms with Crippen LogP contribution in [0.1, 0.15) is 67.0 Å². The van der Waals surface area contributed by atoms with E-state index in [9.17, 15) is 31.1 Å². The lowest BCUT2D eigenvalue weighted by Crippen LogP contribution is -2.59. The lowest BCUT2D eigenvalue weighted by Gasteiger charge is -2.52.